The number of benzene rings is 3. The lowest BCUT2D eigenvalue weighted by atomic mass is 9.95. The number of hydrogen-bond donors (Lipinski definition) is 2. The molecule has 0 bridgehead atoms. The Morgan fingerprint density at radius 3 is 2.71 bits per heavy atom. The van der Waals surface area contributed by atoms with Crippen molar-refractivity contribution in [1.29, 1.82) is 0 Å². The second-order valence-electron chi connectivity index (χ2n) is 12.8. The Balaban J connectivity index is 1.14. The van der Waals surface area contributed by atoms with Crippen molar-refractivity contribution in [1.82, 2.24) is 29.4 Å². The van der Waals surface area contributed by atoms with E-state index < -0.39 is 5.97 Å². The molecule has 0 aliphatic carbocycles. The normalized spacial score (nSPS) is 13.0. The molecule has 254 valence electrons. The molecule has 0 amide bonds. The van der Waals surface area contributed by atoms with Crippen LogP contribution in [0, 0.1) is 6.92 Å². The summed E-state index contributed by atoms with van der Waals surface area (Å²) in [7, 11) is 5.74. The lowest BCUT2D eigenvalue weighted by molar-refractivity contribution is 0.0685. The van der Waals surface area contributed by atoms with Crippen LogP contribution in [0.25, 0.3) is 32.8 Å². The van der Waals surface area contributed by atoms with E-state index in [2.05, 4.69) is 45.4 Å². The van der Waals surface area contributed by atoms with Crippen LogP contribution in [0.1, 0.15) is 58.1 Å². The van der Waals surface area contributed by atoms with Gasteiger partial charge >= 0.3 is 5.97 Å². The number of thioether (sulfide) groups is 1. The van der Waals surface area contributed by atoms with Gasteiger partial charge in [-0.1, -0.05) is 41.9 Å². The van der Waals surface area contributed by atoms with Gasteiger partial charge in [0.25, 0.3) is 0 Å². The third-order valence-corrected chi connectivity index (χ3v) is 10.8. The van der Waals surface area contributed by atoms with Crippen molar-refractivity contribution >= 4 is 51.0 Å². The van der Waals surface area contributed by atoms with Crippen LogP contribution < -0.4 is 10.1 Å². The average Bonchev–Trinajstić information content (AvgIpc) is 3.71. The molecule has 4 heterocycles. The van der Waals surface area contributed by atoms with Gasteiger partial charge in [0.15, 0.2) is 0 Å². The second kappa shape index (κ2) is 13.9. The number of aryl methyl sites for hydroxylation is 5. The number of fused-ring (bicyclic) bond motifs is 3. The molecule has 0 spiro atoms. The Kier molecular flexibility index (Phi) is 9.46. The van der Waals surface area contributed by atoms with Gasteiger partial charge in [0, 0.05) is 65.4 Å². The van der Waals surface area contributed by atoms with E-state index in [0.29, 0.717) is 24.5 Å². The summed E-state index contributed by atoms with van der Waals surface area (Å²) in [5.74, 6) is 0.624. The molecule has 7 rings (SSSR count). The fourth-order valence-electron chi connectivity index (χ4n) is 7.34. The molecule has 1 aliphatic heterocycles. The summed E-state index contributed by atoms with van der Waals surface area (Å²) in [5, 5.41) is 26.8. The zero-order chi connectivity index (χ0) is 34.2. The second-order valence-corrected chi connectivity index (χ2v) is 14.2. The zero-order valence-corrected chi connectivity index (χ0v) is 29.9. The van der Waals surface area contributed by atoms with Gasteiger partial charge in [0.2, 0.25) is 0 Å². The molecule has 3 aromatic heterocycles. The van der Waals surface area contributed by atoms with E-state index in [1.807, 2.05) is 57.0 Å². The van der Waals surface area contributed by atoms with Crippen molar-refractivity contribution in [2.75, 3.05) is 13.7 Å². The molecule has 0 unspecified atom stereocenters. The van der Waals surface area contributed by atoms with E-state index in [-0.39, 0.29) is 5.69 Å². The number of halogens is 1. The summed E-state index contributed by atoms with van der Waals surface area (Å²) in [4.78, 5) is 13.8. The largest absolute Gasteiger partial charge is 0.493 e. The third-order valence-electron chi connectivity index (χ3n) is 9.53. The Hall–Kier alpha value is -4.25. The first-order chi connectivity index (χ1) is 23.7. The molecular weight excluding hydrogens is 656 g/mol. The summed E-state index contributed by atoms with van der Waals surface area (Å²) in [6.45, 7) is 4.13. The molecule has 9 nitrogen and oxygen atoms in total. The number of aromatic carboxylic acids is 1. The smallest absolute Gasteiger partial charge is 0.352 e. The molecule has 49 heavy (non-hydrogen) atoms. The van der Waals surface area contributed by atoms with Crippen molar-refractivity contribution in [3.8, 4) is 16.9 Å². The highest BCUT2D eigenvalue weighted by Crippen LogP contribution is 2.43. The van der Waals surface area contributed by atoms with E-state index in [1.165, 1.54) is 5.69 Å². The zero-order valence-electron chi connectivity index (χ0n) is 28.3. The molecule has 6 aromatic rings. The lowest BCUT2D eigenvalue weighted by Crippen LogP contribution is -2.11. The van der Waals surface area contributed by atoms with E-state index in [0.717, 1.165) is 104 Å². The van der Waals surface area contributed by atoms with Crippen molar-refractivity contribution in [2.45, 2.75) is 62.8 Å². The van der Waals surface area contributed by atoms with Gasteiger partial charge in [0.1, 0.15) is 11.4 Å². The van der Waals surface area contributed by atoms with Crippen molar-refractivity contribution in [3.63, 3.8) is 0 Å². The number of carboxylic acid groups (broad SMARTS) is 1. The molecule has 0 saturated carbocycles. The Labute approximate surface area is 295 Å². The summed E-state index contributed by atoms with van der Waals surface area (Å²) in [6.07, 6.45) is 4.33. The number of ether oxygens (including phenoxy) is 1. The first-order valence-corrected chi connectivity index (χ1v) is 18.2. The fraction of sp³-hybridized carbons (Fsp3) is 0.342. The highest BCUT2D eigenvalue weighted by Gasteiger charge is 2.28. The van der Waals surface area contributed by atoms with Crippen LogP contribution in [-0.4, -0.2) is 48.9 Å². The van der Waals surface area contributed by atoms with Crippen LogP contribution in [0.4, 0.5) is 0 Å². The maximum Gasteiger partial charge on any atom is 0.352 e. The fourth-order valence-corrected chi connectivity index (χ4v) is 8.44. The summed E-state index contributed by atoms with van der Waals surface area (Å²) in [6, 6.07) is 18.6. The van der Waals surface area contributed by atoms with E-state index >= 15 is 0 Å². The highest BCUT2D eigenvalue weighted by molar-refractivity contribution is 7.98. The minimum atomic E-state index is -0.952. The number of aromatic nitrogens is 5. The van der Waals surface area contributed by atoms with E-state index in [1.54, 1.807) is 16.3 Å². The molecule has 0 fully saturated rings. The predicted octanol–water partition coefficient (Wildman–Crippen LogP) is 7.95. The molecule has 0 saturated heterocycles. The van der Waals surface area contributed by atoms with Crippen LogP contribution >= 0.6 is 23.4 Å². The van der Waals surface area contributed by atoms with Crippen LogP contribution in [-0.2, 0) is 45.8 Å². The van der Waals surface area contributed by atoms with E-state index in [9.17, 15) is 9.90 Å². The topological polar surface area (TPSA) is 99.1 Å². The average molecular weight is 697 g/mol. The monoisotopic (exact) mass is 696 g/mol. The van der Waals surface area contributed by atoms with Crippen LogP contribution in [0.2, 0.25) is 5.02 Å². The summed E-state index contributed by atoms with van der Waals surface area (Å²) < 4.78 is 12.3. The van der Waals surface area contributed by atoms with Crippen LogP contribution in [0.3, 0.4) is 0 Å². The third kappa shape index (κ3) is 6.33. The molecular formula is C38H41ClN6O3S. The van der Waals surface area contributed by atoms with Gasteiger partial charge in [-0.05, 0) is 81.3 Å². The Bertz CT molecular complexity index is 2200. The van der Waals surface area contributed by atoms with Gasteiger partial charge in [-0.15, -0.1) is 11.8 Å². The minimum Gasteiger partial charge on any atom is -0.493 e. The van der Waals surface area contributed by atoms with Gasteiger partial charge in [0.05, 0.1) is 34.2 Å². The van der Waals surface area contributed by atoms with E-state index in [4.69, 9.17) is 21.4 Å². The highest BCUT2D eigenvalue weighted by atomic mass is 35.5. The first-order valence-electron chi connectivity index (χ1n) is 16.8. The maximum absolute atomic E-state index is 12.7. The summed E-state index contributed by atoms with van der Waals surface area (Å²) in [5.41, 5.74) is 8.11. The van der Waals surface area contributed by atoms with Crippen molar-refractivity contribution in [3.05, 3.63) is 93.7 Å². The van der Waals surface area contributed by atoms with Crippen LogP contribution in [0.5, 0.6) is 5.75 Å². The van der Waals surface area contributed by atoms with Gasteiger partial charge in [-0.2, -0.15) is 10.2 Å². The molecule has 11 heteroatoms. The van der Waals surface area contributed by atoms with Gasteiger partial charge < -0.3 is 19.7 Å². The molecule has 3 aromatic carbocycles. The summed E-state index contributed by atoms with van der Waals surface area (Å²) >= 11 is 8.67. The predicted molar refractivity (Wildman–Crippen MR) is 197 cm³/mol. The maximum atomic E-state index is 12.7. The number of carbonyl (C=O) groups is 1. The van der Waals surface area contributed by atoms with Crippen LogP contribution in [0.15, 0.2) is 59.5 Å². The SMILES string of the molecule is CNCc1cc(CSc2cc(OCCCc3c(C(=O)O)n(C)c4c(-c5c(C)nn6c5CCCC6)c(Cl)ccc34)c3ccccc3c2)nn1C. The standard InChI is InChI=1S/C38H41ClN6O3S/c1-23-34(32-13-7-8-16-45(32)41-23)35-31(39)15-14-30-29(37(38(46)47)43(3)36(30)35)12-9-17-48-33-20-27(18-24-10-5-6-11-28(24)33)49-22-25-19-26(21-40-2)44(4)42-25/h5-6,10-11,14-15,18-20,40H,7-9,12-13,16-17,21-22H2,1-4H3,(H,46,47). The minimum absolute atomic E-state index is 0.286. The van der Waals surface area contributed by atoms with Gasteiger partial charge in [-0.3, -0.25) is 9.36 Å². The van der Waals surface area contributed by atoms with Gasteiger partial charge in [-0.25, -0.2) is 4.79 Å². The molecule has 0 radical (unpaired) electrons. The van der Waals surface area contributed by atoms with Crippen molar-refractivity contribution in [2.24, 2.45) is 14.1 Å². The molecule has 1 aliphatic rings. The number of nitrogens with one attached hydrogen (secondary N) is 1. The number of rotatable bonds is 12. The number of hydrogen-bond acceptors (Lipinski definition) is 6. The Morgan fingerprint density at radius 2 is 1.90 bits per heavy atom. The quantitative estimate of drug-likeness (QED) is 0.0990. The molecule has 0 atom stereocenters. The number of nitrogens with zero attached hydrogens (tertiary/aromatic N) is 5. The first kappa shape index (κ1) is 33.3. The Morgan fingerprint density at radius 1 is 1.06 bits per heavy atom. The van der Waals surface area contributed by atoms with Crippen molar-refractivity contribution < 1.29 is 14.6 Å². The number of carboxylic acids is 1. The molecule has 2 N–H and O–H groups in total. The lowest BCUT2D eigenvalue weighted by Gasteiger charge is -2.16.